The van der Waals surface area contributed by atoms with E-state index in [-0.39, 0.29) is 19.8 Å². The van der Waals surface area contributed by atoms with E-state index in [1.807, 2.05) is 10.9 Å². The summed E-state index contributed by atoms with van der Waals surface area (Å²) in [5, 5.41) is 34.5. The number of nitrogens with one attached hydrogen (secondary N) is 1. The Kier molecular flexibility index (Phi) is 5.57. The van der Waals surface area contributed by atoms with Crippen LogP contribution >= 0.6 is 0 Å². The van der Waals surface area contributed by atoms with Gasteiger partial charge in [0.15, 0.2) is 0 Å². The Morgan fingerprint density at radius 1 is 1.29 bits per heavy atom. The Labute approximate surface area is 101 Å². The maximum Gasteiger partial charge on any atom is 0.0884 e. The summed E-state index contributed by atoms with van der Waals surface area (Å²) < 4.78 is 1.84. The zero-order valence-corrected chi connectivity index (χ0v) is 10.1. The van der Waals surface area contributed by atoms with Crippen molar-refractivity contribution in [1.82, 2.24) is 15.1 Å². The van der Waals surface area contributed by atoms with Gasteiger partial charge < -0.3 is 20.6 Å². The Morgan fingerprint density at radius 3 is 2.47 bits per heavy atom. The normalized spacial score (nSPS) is 12.0. The lowest BCUT2D eigenvalue weighted by atomic mass is 10.0. The largest absolute Gasteiger partial charge is 0.394 e. The fraction of sp³-hybridized carbons (Fsp3) is 0.727. The third kappa shape index (κ3) is 3.78. The molecule has 0 radical (unpaired) electrons. The quantitative estimate of drug-likeness (QED) is 0.475. The van der Waals surface area contributed by atoms with Gasteiger partial charge in [-0.2, -0.15) is 5.10 Å². The minimum absolute atomic E-state index is 0.316. The van der Waals surface area contributed by atoms with Crippen molar-refractivity contribution in [2.45, 2.75) is 32.0 Å². The smallest absolute Gasteiger partial charge is 0.0884 e. The molecule has 6 heteroatoms. The zero-order valence-electron chi connectivity index (χ0n) is 10.1. The number of rotatable bonds is 8. The van der Waals surface area contributed by atoms with Gasteiger partial charge in [-0.25, -0.2) is 0 Å². The molecular formula is C11H21N3O3. The molecule has 0 aromatic carbocycles. The van der Waals surface area contributed by atoms with E-state index in [0.717, 1.165) is 18.5 Å². The van der Waals surface area contributed by atoms with E-state index in [1.54, 1.807) is 6.20 Å². The second kappa shape index (κ2) is 6.70. The number of aliphatic hydroxyl groups is 3. The average molecular weight is 243 g/mol. The first-order valence-corrected chi connectivity index (χ1v) is 5.78. The first-order chi connectivity index (χ1) is 8.19. The molecular weight excluding hydrogens is 222 g/mol. The molecule has 1 aromatic rings. The Morgan fingerprint density at radius 2 is 1.94 bits per heavy atom. The zero-order chi connectivity index (χ0) is 12.7. The molecule has 0 aliphatic heterocycles. The summed E-state index contributed by atoms with van der Waals surface area (Å²) in [6, 6.07) is 0. The molecule has 0 spiro atoms. The van der Waals surface area contributed by atoms with Crippen molar-refractivity contribution in [2.24, 2.45) is 0 Å². The lowest BCUT2D eigenvalue weighted by Crippen LogP contribution is -2.54. The topological polar surface area (TPSA) is 90.5 Å². The summed E-state index contributed by atoms with van der Waals surface area (Å²) in [7, 11) is 0. The summed E-state index contributed by atoms with van der Waals surface area (Å²) in [5.41, 5.74) is -0.0782. The van der Waals surface area contributed by atoms with Crippen LogP contribution in [-0.4, -0.2) is 50.5 Å². The van der Waals surface area contributed by atoms with Crippen LogP contribution in [0.4, 0.5) is 0 Å². The molecule has 0 unspecified atom stereocenters. The van der Waals surface area contributed by atoms with Crippen LogP contribution in [0.15, 0.2) is 12.4 Å². The van der Waals surface area contributed by atoms with E-state index < -0.39 is 5.54 Å². The second-order valence-corrected chi connectivity index (χ2v) is 4.22. The van der Waals surface area contributed by atoms with Crippen LogP contribution in [0, 0.1) is 0 Å². The molecule has 0 fully saturated rings. The van der Waals surface area contributed by atoms with E-state index in [2.05, 4.69) is 17.3 Å². The van der Waals surface area contributed by atoms with Crippen LogP contribution in [0.1, 0.15) is 18.9 Å². The number of aryl methyl sites for hydroxylation is 1. The standard InChI is InChI=1S/C11H21N3O3/c1-2-3-14-6-10(5-13-14)4-12-11(7-15,8-16)9-17/h5-6,12,15-17H,2-4,7-9H2,1H3. The number of hydrogen-bond acceptors (Lipinski definition) is 5. The van der Waals surface area contributed by atoms with Crippen LogP contribution in [0.5, 0.6) is 0 Å². The van der Waals surface area contributed by atoms with Crippen LogP contribution in [0.25, 0.3) is 0 Å². The molecule has 4 N–H and O–H groups in total. The Hall–Kier alpha value is -0.950. The molecule has 1 aromatic heterocycles. The van der Waals surface area contributed by atoms with Crippen LogP contribution in [0.3, 0.4) is 0 Å². The van der Waals surface area contributed by atoms with Gasteiger partial charge in [-0.15, -0.1) is 0 Å². The van der Waals surface area contributed by atoms with Gasteiger partial charge in [0.1, 0.15) is 0 Å². The third-order valence-electron chi connectivity index (χ3n) is 2.71. The van der Waals surface area contributed by atoms with Gasteiger partial charge >= 0.3 is 0 Å². The summed E-state index contributed by atoms with van der Waals surface area (Å²) in [6.45, 7) is 2.44. The number of aromatic nitrogens is 2. The maximum absolute atomic E-state index is 9.14. The van der Waals surface area contributed by atoms with Gasteiger partial charge in [0.05, 0.1) is 31.6 Å². The Balaban J connectivity index is 2.53. The molecule has 17 heavy (non-hydrogen) atoms. The van der Waals surface area contributed by atoms with Gasteiger partial charge in [0.25, 0.3) is 0 Å². The van der Waals surface area contributed by atoms with E-state index >= 15 is 0 Å². The number of aliphatic hydroxyl groups excluding tert-OH is 3. The van der Waals surface area contributed by atoms with Gasteiger partial charge in [0, 0.05) is 24.8 Å². The van der Waals surface area contributed by atoms with E-state index in [4.69, 9.17) is 15.3 Å². The minimum atomic E-state index is -1.03. The van der Waals surface area contributed by atoms with Crippen molar-refractivity contribution in [2.75, 3.05) is 19.8 Å². The molecule has 0 atom stereocenters. The van der Waals surface area contributed by atoms with Gasteiger partial charge in [-0.1, -0.05) is 6.92 Å². The highest BCUT2D eigenvalue weighted by Crippen LogP contribution is 2.05. The average Bonchev–Trinajstić information content (AvgIpc) is 2.80. The van der Waals surface area contributed by atoms with Crippen LogP contribution in [-0.2, 0) is 13.1 Å². The summed E-state index contributed by atoms with van der Waals surface area (Å²) in [4.78, 5) is 0. The molecule has 0 saturated carbocycles. The van der Waals surface area contributed by atoms with Crippen molar-refractivity contribution >= 4 is 0 Å². The summed E-state index contributed by atoms with van der Waals surface area (Å²) >= 11 is 0. The lowest BCUT2D eigenvalue weighted by molar-refractivity contribution is 0.0414. The molecule has 0 aliphatic rings. The molecule has 0 bridgehead atoms. The highest BCUT2D eigenvalue weighted by molar-refractivity contribution is 5.04. The van der Waals surface area contributed by atoms with Crippen molar-refractivity contribution in [3.63, 3.8) is 0 Å². The van der Waals surface area contributed by atoms with E-state index in [9.17, 15) is 0 Å². The highest BCUT2D eigenvalue weighted by atomic mass is 16.3. The Bertz CT molecular complexity index is 315. The predicted octanol–water partition coefficient (Wildman–Crippen LogP) is -0.902. The van der Waals surface area contributed by atoms with Crippen molar-refractivity contribution in [3.8, 4) is 0 Å². The van der Waals surface area contributed by atoms with Crippen molar-refractivity contribution < 1.29 is 15.3 Å². The van der Waals surface area contributed by atoms with Gasteiger partial charge in [0.2, 0.25) is 0 Å². The SMILES string of the molecule is CCCn1cc(CNC(CO)(CO)CO)cn1. The third-order valence-corrected chi connectivity index (χ3v) is 2.71. The molecule has 0 amide bonds. The van der Waals surface area contributed by atoms with Crippen LogP contribution in [0.2, 0.25) is 0 Å². The maximum atomic E-state index is 9.14. The number of nitrogens with zero attached hydrogens (tertiary/aromatic N) is 2. The lowest BCUT2D eigenvalue weighted by Gasteiger charge is -2.28. The molecule has 6 nitrogen and oxygen atoms in total. The van der Waals surface area contributed by atoms with E-state index in [0.29, 0.717) is 6.54 Å². The molecule has 0 aliphatic carbocycles. The molecule has 98 valence electrons. The molecule has 0 saturated heterocycles. The molecule has 1 heterocycles. The molecule has 1 rings (SSSR count). The van der Waals surface area contributed by atoms with Crippen molar-refractivity contribution in [1.29, 1.82) is 0 Å². The predicted molar refractivity (Wildman–Crippen MR) is 63.3 cm³/mol. The second-order valence-electron chi connectivity index (χ2n) is 4.22. The van der Waals surface area contributed by atoms with Crippen molar-refractivity contribution in [3.05, 3.63) is 18.0 Å². The van der Waals surface area contributed by atoms with Crippen LogP contribution < -0.4 is 5.32 Å². The van der Waals surface area contributed by atoms with E-state index in [1.165, 1.54) is 0 Å². The fourth-order valence-corrected chi connectivity index (χ4v) is 1.46. The first-order valence-electron chi connectivity index (χ1n) is 5.78. The van der Waals surface area contributed by atoms with Gasteiger partial charge in [-0.3, -0.25) is 4.68 Å². The number of hydrogen-bond donors (Lipinski definition) is 4. The minimum Gasteiger partial charge on any atom is -0.394 e. The first kappa shape index (κ1) is 14.1. The highest BCUT2D eigenvalue weighted by Gasteiger charge is 2.27. The fourth-order valence-electron chi connectivity index (χ4n) is 1.46. The summed E-state index contributed by atoms with van der Waals surface area (Å²) in [6.07, 6.45) is 4.66. The summed E-state index contributed by atoms with van der Waals surface area (Å²) in [5.74, 6) is 0. The monoisotopic (exact) mass is 243 g/mol. The van der Waals surface area contributed by atoms with Gasteiger partial charge in [-0.05, 0) is 6.42 Å².